The van der Waals surface area contributed by atoms with E-state index in [0.717, 1.165) is 16.8 Å². The molecule has 4 rings (SSSR count). The van der Waals surface area contributed by atoms with Gasteiger partial charge in [0.25, 0.3) is 0 Å². The average molecular weight is 364 g/mol. The number of anilines is 1. The molecule has 0 atom stereocenters. The van der Waals surface area contributed by atoms with Crippen LogP contribution >= 0.6 is 0 Å². The lowest BCUT2D eigenvalue weighted by Crippen LogP contribution is -2.05. The number of aryl methyl sites for hydroxylation is 1. The van der Waals surface area contributed by atoms with Crippen molar-refractivity contribution in [2.24, 2.45) is 0 Å². The lowest BCUT2D eigenvalue weighted by Gasteiger charge is -2.09. The smallest absolute Gasteiger partial charge is 0.223 e. The molecule has 3 heterocycles. The van der Waals surface area contributed by atoms with E-state index in [0.29, 0.717) is 35.3 Å². The minimum absolute atomic E-state index is 0.280. The standard InChI is InChI=1S/C20H17FN4O2/c1-12-13(2)25-27-19(12)16-11-23-20(24-18(16)17-7-4-8-26-17)22-10-14-5-3-6-15(21)9-14/h3-9,11H,10H2,1-2H3,(H,22,23,24). The van der Waals surface area contributed by atoms with Crippen molar-refractivity contribution >= 4 is 5.95 Å². The summed E-state index contributed by atoms with van der Waals surface area (Å²) in [5, 5.41) is 7.12. The molecule has 0 saturated carbocycles. The quantitative estimate of drug-likeness (QED) is 0.550. The monoisotopic (exact) mass is 364 g/mol. The van der Waals surface area contributed by atoms with Gasteiger partial charge in [-0.15, -0.1) is 0 Å². The van der Waals surface area contributed by atoms with Crippen LogP contribution in [0.15, 0.2) is 57.8 Å². The summed E-state index contributed by atoms with van der Waals surface area (Å²) < 4.78 is 24.3. The van der Waals surface area contributed by atoms with Crippen molar-refractivity contribution in [1.29, 1.82) is 0 Å². The fraction of sp³-hybridized carbons (Fsp3) is 0.150. The van der Waals surface area contributed by atoms with Crippen molar-refractivity contribution in [3.8, 4) is 22.8 Å². The molecule has 6 nitrogen and oxygen atoms in total. The maximum Gasteiger partial charge on any atom is 0.223 e. The summed E-state index contributed by atoms with van der Waals surface area (Å²) in [6.45, 7) is 4.21. The van der Waals surface area contributed by atoms with Crippen LogP contribution in [-0.2, 0) is 6.54 Å². The Morgan fingerprint density at radius 1 is 1.15 bits per heavy atom. The van der Waals surface area contributed by atoms with E-state index < -0.39 is 0 Å². The van der Waals surface area contributed by atoms with Gasteiger partial charge in [0.05, 0.1) is 17.5 Å². The van der Waals surface area contributed by atoms with Gasteiger partial charge in [-0.3, -0.25) is 0 Å². The summed E-state index contributed by atoms with van der Waals surface area (Å²) in [6, 6.07) is 9.99. The first kappa shape index (κ1) is 17.0. The molecule has 0 fully saturated rings. The Morgan fingerprint density at radius 2 is 2.04 bits per heavy atom. The molecule has 0 saturated heterocycles. The van der Waals surface area contributed by atoms with Crippen molar-refractivity contribution in [3.63, 3.8) is 0 Å². The summed E-state index contributed by atoms with van der Waals surface area (Å²) in [6.07, 6.45) is 3.26. The Kier molecular flexibility index (Phi) is 4.42. The summed E-state index contributed by atoms with van der Waals surface area (Å²) >= 11 is 0. The molecule has 0 amide bonds. The number of hydrogen-bond donors (Lipinski definition) is 1. The van der Waals surface area contributed by atoms with Gasteiger partial charge in [0.1, 0.15) is 11.5 Å². The molecule has 0 unspecified atom stereocenters. The topological polar surface area (TPSA) is 77.0 Å². The summed E-state index contributed by atoms with van der Waals surface area (Å²) in [5.74, 6) is 1.33. The average Bonchev–Trinajstić information content (AvgIpc) is 3.31. The number of aromatic nitrogens is 3. The van der Waals surface area contributed by atoms with Crippen LogP contribution in [-0.4, -0.2) is 15.1 Å². The Labute approximate surface area is 155 Å². The van der Waals surface area contributed by atoms with Gasteiger partial charge in [0.15, 0.2) is 11.5 Å². The Bertz CT molecular complexity index is 1070. The van der Waals surface area contributed by atoms with Gasteiger partial charge in [0.2, 0.25) is 5.95 Å². The predicted octanol–water partition coefficient (Wildman–Crippen LogP) is 4.76. The third-order valence-corrected chi connectivity index (χ3v) is 4.28. The molecule has 3 aromatic heterocycles. The van der Waals surface area contributed by atoms with E-state index in [1.54, 1.807) is 24.6 Å². The normalized spacial score (nSPS) is 10.9. The SMILES string of the molecule is Cc1noc(-c2cnc(NCc3cccc(F)c3)nc2-c2ccco2)c1C. The van der Waals surface area contributed by atoms with Crippen molar-refractivity contribution in [3.05, 3.63) is 71.5 Å². The number of furan rings is 1. The van der Waals surface area contributed by atoms with Gasteiger partial charge in [0, 0.05) is 18.3 Å². The Balaban J connectivity index is 1.69. The first-order valence-corrected chi connectivity index (χ1v) is 8.44. The highest BCUT2D eigenvalue weighted by atomic mass is 19.1. The molecule has 1 N–H and O–H groups in total. The second kappa shape index (κ2) is 7.03. The second-order valence-corrected chi connectivity index (χ2v) is 6.14. The first-order valence-electron chi connectivity index (χ1n) is 8.44. The van der Waals surface area contributed by atoms with Crippen molar-refractivity contribution in [2.75, 3.05) is 5.32 Å². The Morgan fingerprint density at radius 3 is 2.74 bits per heavy atom. The van der Waals surface area contributed by atoms with Gasteiger partial charge in [-0.2, -0.15) is 0 Å². The molecule has 7 heteroatoms. The van der Waals surface area contributed by atoms with E-state index in [-0.39, 0.29) is 5.82 Å². The van der Waals surface area contributed by atoms with Gasteiger partial charge in [-0.25, -0.2) is 14.4 Å². The zero-order valence-electron chi connectivity index (χ0n) is 14.9. The van der Waals surface area contributed by atoms with Crippen LogP contribution in [0.5, 0.6) is 0 Å². The third-order valence-electron chi connectivity index (χ3n) is 4.28. The molecule has 0 radical (unpaired) electrons. The Hall–Kier alpha value is -3.48. The molecule has 1 aromatic carbocycles. The molecule has 0 spiro atoms. The van der Waals surface area contributed by atoms with E-state index in [1.165, 1.54) is 12.1 Å². The molecular weight excluding hydrogens is 347 g/mol. The van der Waals surface area contributed by atoms with Crippen molar-refractivity contribution < 1.29 is 13.3 Å². The van der Waals surface area contributed by atoms with Crippen LogP contribution in [0.25, 0.3) is 22.8 Å². The molecule has 0 bridgehead atoms. The highest BCUT2D eigenvalue weighted by Crippen LogP contribution is 2.33. The number of rotatable bonds is 5. The van der Waals surface area contributed by atoms with E-state index in [2.05, 4.69) is 20.4 Å². The number of nitrogens with zero attached hydrogens (tertiary/aromatic N) is 3. The van der Waals surface area contributed by atoms with Crippen LogP contribution in [0.2, 0.25) is 0 Å². The third kappa shape index (κ3) is 3.44. The molecule has 0 aliphatic carbocycles. The minimum atomic E-state index is -0.280. The number of benzene rings is 1. The summed E-state index contributed by atoms with van der Waals surface area (Å²) in [7, 11) is 0. The van der Waals surface area contributed by atoms with Crippen LogP contribution < -0.4 is 5.32 Å². The van der Waals surface area contributed by atoms with Crippen LogP contribution in [0.4, 0.5) is 10.3 Å². The molecular formula is C20H17FN4O2. The predicted molar refractivity (Wildman–Crippen MR) is 98.4 cm³/mol. The molecule has 4 aromatic rings. The maximum atomic E-state index is 13.3. The summed E-state index contributed by atoms with van der Waals surface area (Å²) in [4.78, 5) is 8.95. The molecule has 0 aliphatic heterocycles. The zero-order valence-corrected chi connectivity index (χ0v) is 14.9. The van der Waals surface area contributed by atoms with Crippen LogP contribution in [0.1, 0.15) is 16.8 Å². The van der Waals surface area contributed by atoms with Crippen LogP contribution in [0, 0.1) is 19.7 Å². The van der Waals surface area contributed by atoms with E-state index in [9.17, 15) is 4.39 Å². The van der Waals surface area contributed by atoms with Crippen molar-refractivity contribution in [2.45, 2.75) is 20.4 Å². The number of halogens is 1. The fourth-order valence-corrected chi connectivity index (χ4v) is 2.73. The lowest BCUT2D eigenvalue weighted by molar-refractivity contribution is 0.426. The van der Waals surface area contributed by atoms with Gasteiger partial charge < -0.3 is 14.3 Å². The zero-order chi connectivity index (χ0) is 18.8. The van der Waals surface area contributed by atoms with Gasteiger partial charge in [-0.05, 0) is 43.7 Å². The molecule has 27 heavy (non-hydrogen) atoms. The molecule has 136 valence electrons. The lowest BCUT2D eigenvalue weighted by atomic mass is 10.1. The van der Waals surface area contributed by atoms with E-state index >= 15 is 0 Å². The van der Waals surface area contributed by atoms with E-state index in [4.69, 9.17) is 8.94 Å². The van der Waals surface area contributed by atoms with Gasteiger partial charge >= 0.3 is 0 Å². The summed E-state index contributed by atoms with van der Waals surface area (Å²) in [5.41, 5.74) is 3.81. The van der Waals surface area contributed by atoms with E-state index in [1.807, 2.05) is 26.0 Å². The molecule has 0 aliphatic rings. The first-order chi connectivity index (χ1) is 13.1. The minimum Gasteiger partial charge on any atom is -0.463 e. The second-order valence-electron chi connectivity index (χ2n) is 6.14. The number of nitrogens with one attached hydrogen (secondary N) is 1. The van der Waals surface area contributed by atoms with Crippen molar-refractivity contribution in [1.82, 2.24) is 15.1 Å². The van der Waals surface area contributed by atoms with Crippen LogP contribution in [0.3, 0.4) is 0 Å². The largest absolute Gasteiger partial charge is 0.463 e. The highest BCUT2D eigenvalue weighted by Gasteiger charge is 2.20. The highest BCUT2D eigenvalue weighted by molar-refractivity contribution is 5.77. The van der Waals surface area contributed by atoms with Gasteiger partial charge in [-0.1, -0.05) is 17.3 Å². The number of hydrogen-bond acceptors (Lipinski definition) is 6. The maximum absolute atomic E-state index is 13.3. The fourth-order valence-electron chi connectivity index (χ4n) is 2.73.